The van der Waals surface area contributed by atoms with Crippen LogP contribution in [0.3, 0.4) is 0 Å². The lowest BCUT2D eigenvalue weighted by atomic mass is 10.0. The summed E-state index contributed by atoms with van der Waals surface area (Å²) >= 11 is 0. The molecule has 2 atom stereocenters. The lowest BCUT2D eigenvalue weighted by molar-refractivity contribution is -0.0720. The molecule has 0 aromatic rings. The SMILES string of the molecule is CC[C@H]1CN(O)C[C@H]1N. The molecule has 1 saturated heterocycles. The van der Waals surface area contributed by atoms with E-state index < -0.39 is 0 Å². The molecule has 0 saturated carbocycles. The van der Waals surface area contributed by atoms with Gasteiger partial charge in [-0.15, -0.1) is 0 Å². The molecule has 1 heterocycles. The average molecular weight is 130 g/mol. The van der Waals surface area contributed by atoms with Crippen LogP contribution in [-0.4, -0.2) is 29.4 Å². The number of hydrogen-bond donors (Lipinski definition) is 2. The summed E-state index contributed by atoms with van der Waals surface area (Å²) in [6.45, 7) is 3.49. The second-order valence-electron chi connectivity index (χ2n) is 2.70. The first-order valence-corrected chi connectivity index (χ1v) is 3.43. The van der Waals surface area contributed by atoms with Gasteiger partial charge < -0.3 is 10.9 Å². The highest BCUT2D eigenvalue weighted by atomic mass is 16.5. The summed E-state index contributed by atoms with van der Waals surface area (Å²) < 4.78 is 0. The van der Waals surface area contributed by atoms with Gasteiger partial charge >= 0.3 is 0 Å². The molecule has 0 amide bonds. The quantitative estimate of drug-likeness (QED) is 0.527. The molecular weight excluding hydrogens is 116 g/mol. The first-order chi connectivity index (χ1) is 4.24. The zero-order valence-corrected chi connectivity index (χ0v) is 5.75. The van der Waals surface area contributed by atoms with Gasteiger partial charge in [-0.05, 0) is 5.92 Å². The molecule has 0 aromatic carbocycles. The van der Waals surface area contributed by atoms with Gasteiger partial charge in [0.1, 0.15) is 0 Å². The summed E-state index contributed by atoms with van der Waals surface area (Å²) in [7, 11) is 0. The standard InChI is InChI=1S/C6H14N2O/c1-2-5-3-8(9)4-6(5)7/h5-6,9H,2-4,7H2,1H3/t5-,6+/m0/s1. The molecule has 0 spiro atoms. The van der Waals surface area contributed by atoms with Gasteiger partial charge in [-0.25, -0.2) is 0 Å². The van der Waals surface area contributed by atoms with Crippen LogP contribution in [0.4, 0.5) is 0 Å². The largest absolute Gasteiger partial charge is 0.326 e. The van der Waals surface area contributed by atoms with Crippen LogP contribution in [0.25, 0.3) is 0 Å². The fourth-order valence-electron chi connectivity index (χ4n) is 1.30. The van der Waals surface area contributed by atoms with E-state index in [4.69, 9.17) is 10.9 Å². The van der Waals surface area contributed by atoms with E-state index in [1.54, 1.807) is 0 Å². The van der Waals surface area contributed by atoms with Crippen molar-refractivity contribution in [2.45, 2.75) is 19.4 Å². The lowest BCUT2D eigenvalue weighted by Crippen LogP contribution is -2.28. The third-order valence-corrected chi connectivity index (χ3v) is 2.00. The molecule has 0 bridgehead atoms. The Morgan fingerprint density at radius 3 is 2.56 bits per heavy atom. The monoisotopic (exact) mass is 130 g/mol. The highest BCUT2D eigenvalue weighted by molar-refractivity contribution is 4.81. The number of nitrogens with zero attached hydrogens (tertiary/aromatic N) is 1. The van der Waals surface area contributed by atoms with E-state index in [0.29, 0.717) is 12.5 Å². The van der Waals surface area contributed by atoms with Gasteiger partial charge in [-0.1, -0.05) is 13.3 Å². The fraction of sp³-hybridized carbons (Fsp3) is 1.00. The van der Waals surface area contributed by atoms with Crippen LogP contribution in [0.1, 0.15) is 13.3 Å². The Bertz CT molecular complexity index is 97.1. The molecule has 9 heavy (non-hydrogen) atoms. The van der Waals surface area contributed by atoms with Crippen molar-refractivity contribution in [2.24, 2.45) is 11.7 Å². The minimum Gasteiger partial charge on any atom is -0.326 e. The van der Waals surface area contributed by atoms with Crippen molar-refractivity contribution >= 4 is 0 Å². The van der Waals surface area contributed by atoms with E-state index in [0.717, 1.165) is 13.0 Å². The minimum absolute atomic E-state index is 0.181. The molecule has 3 nitrogen and oxygen atoms in total. The molecule has 0 unspecified atom stereocenters. The van der Waals surface area contributed by atoms with Gasteiger partial charge in [0.05, 0.1) is 0 Å². The second-order valence-corrected chi connectivity index (χ2v) is 2.70. The third kappa shape index (κ3) is 1.41. The Hall–Kier alpha value is -0.120. The highest BCUT2D eigenvalue weighted by Crippen LogP contribution is 2.15. The third-order valence-electron chi connectivity index (χ3n) is 2.00. The van der Waals surface area contributed by atoms with Gasteiger partial charge in [-0.3, -0.25) is 0 Å². The van der Waals surface area contributed by atoms with Gasteiger partial charge in [0.15, 0.2) is 0 Å². The molecule has 0 radical (unpaired) electrons. The summed E-state index contributed by atoms with van der Waals surface area (Å²) in [5.41, 5.74) is 5.68. The highest BCUT2D eigenvalue weighted by Gasteiger charge is 2.27. The van der Waals surface area contributed by atoms with Crippen molar-refractivity contribution in [1.82, 2.24) is 5.06 Å². The molecule has 0 aliphatic carbocycles. The summed E-state index contributed by atoms with van der Waals surface area (Å²) in [6, 6.07) is 0.181. The van der Waals surface area contributed by atoms with Crippen molar-refractivity contribution in [3.8, 4) is 0 Å². The molecule has 3 N–H and O–H groups in total. The molecule has 54 valence electrons. The van der Waals surface area contributed by atoms with Crippen LogP contribution in [0.5, 0.6) is 0 Å². The minimum atomic E-state index is 0.181. The van der Waals surface area contributed by atoms with Crippen molar-refractivity contribution in [3.05, 3.63) is 0 Å². The Balaban J connectivity index is 2.38. The van der Waals surface area contributed by atoms with Crippen LogP contribution < -0.4 is 5.73 Å². The van der Waals surface area contributed by atoms with Crippen LogP contribution in [0.2, 0.25) is 0 Å². The Kier molecular flexibility index (Phi) is 2.05. The van der Waals surface area contributed by atoms with E-state index in [1.807, 2.05) is 0 Å². The topological polar surface area (TPSA) is 49.5 Å². The first-order valence-electron chi connectivity index (χ1n) is 3.43. The lowest BCUT2D eigenvalue weighted by Gasteiger charge is -2.08. The van der Waals surface area contributed by atoms with Gasteiger partial charge in [0.25, 0.3) is 0 Å². The summed E-state index contributed by atoms with van der Waals surface area (Å²) in [5.74, 6) is 0.495. The van der Waals surface area contributed by atoms with E-state index in [9.17, 15) is 0 Å². The zero-order valence-electron chi connectivity index (χ0n) is 5.75. The average Bonchev–Trinajstić information content (AvgIpc) is 2.10. The molecular formula is C6H14N2O. The predicted octanol–water partition coefficient (Wildman–Crippen LogP) is 0.0447. The second kappa shape index (κ2) is 2.64. The molecule has 1 rings (SSSR count). The van der Waals surface area contributed by atoms with Crippen LogP contribution in [0.15, 0.2) is 0 Å². The smallest absolute Gasteiger partial charge is 0.0393 e. The maximum Gasteiger partial charge on any atom is 0.0393 e. The van der Waals surface area contributed by atoms with E-state index >= 15 is 0 Å². The molecule has 3 heteroatoms. The van der Waals surface area contributed by atoms with Crippen molar-refractivity contribution < 1.29 is 5.21 Å². The first kappa shape index (κ1) is 6.99. The Morgan fingerprint density at radius 1 is 1.67 bits per heavy atom. The van der Waals surface area contributed by atoms with Gasteiger partial charge in [0, 0.05) is 19.1 Å². The molecule has 1 fully saturated rings. The molecule has 1 aliphatic rings. The van der Waals surface area contributed by atoms with Crippen molar-refractivity contribution in [1.29, 1.82) is 0 Å². The Morgan fingerprint density at radius 2 is 2.33 bits per heavy atom. The van der Waals surface area contributed by atoms with Crippen LogP contribution in [-0.2, 0) is 0 Å². The maximum absolute atomic E-state index is 8.95. The fourth-order valence-corrected chi connectivity index (χ4v) is 1.30. The van der Waals surface area contributed by atoms with Crippen molar-refractivity contribution in [2.75, 3.05) is 13.1 Å². The van der Waals surface area contributed by atoms with Crippen molar-refractivity contribution in [3.63, 3.8) is 0 Å². The van der Waals surface area contributed by atoms with E-state index in [1.165, 1.54) is 5.06 Å². The van der Waals surface area contributed by atoms with Crippen LogP contribution >= 0.6 is 0 Å². The summed E-state index contributed by atoms with van der Waals surface area (Å²) in [5, 5.41) is 10.3. The number of rotatable bonds is 1. The predicted molar refractivity (Wildman–Crippen MR) is 35.1 cm³/mol. The zero-order chi connectivity index (χ0) is 6.85. The van der Waals surface area contributed by atoms with Gasteiger partial charge in [0.2, 0.25) is 0 Å². The molecule has 0 aromatic heterocycles. The Labute approximate surface area is 55.4 Å². The summed E-state index contributed by atoms with van der Waals surface area (Å²) in [6.07, 6.45) is 1.07. The number of hydroxylamine groups is 2. The number of hydrogen-bond acceptors (Lipinski definition) is 3. The van der Waals surface area contributed by atoms with E-state index in [-0.39, 0.29) is 6.04 Å². The van der Waals surface area contributed by atoms with Gasteiger partial charge in [-0.2, -0.15) is 5.06 Å². The number of nitrogens with two attached hydrogens (primary N) is 1. The van der Waals surface area contributed by atoms with E-state index in [2.05, 4.69) is 6.92 Å². The van der Waals surface area contributed by atoms with Crippen LogP contribution in [0, 0.1) is 5.92 Å². The summed E-state index contributed by atoms with van der Waals surface area (Å²) in [4.78, 5) is 0. The maximum atomic E-state index is 8.95. The molecule has 1 aliphatic heterocycles. The normalized spacial score (nSPS) is 37.7.